The zero-order valence-electron chi connectivity index (χ0n) is 22.6. The highest BCUT2D eigenvalue weighted by molar-refractivity contribution is 5.94. The molecular weight excluding hydrogens is 438 g/mol. The van der Waals surface area contributed by atoms with Crippen LogP contribution in [0.4, 0.5) is 0 Å². The second-order valence-electron chi connectivity index (χ2n) is 10.5. The molecule has 0 N–H and O–H groups in total. The monoisotopic (exact) mass is 475 g/mol. The molecular formula is C33H37N3+2. The molecule has 182 valence electrons. The van der Waals surface area contributed by atoms with Crippen LogP contribution in [0.25, 0.3) is 39.1 Å². The van der Waals surface area contributed by atoms with E-state index in [2.05, 4.69) is 148 Å². The Bertz CT molecular complexity index is 1540. The van der Waals surface area contributed by atoms with Crippen LogP contribution in [0.15, 0.2) is 85.3 Å². The molecule has 36 heavy (non-hydrogen) atoms. The quantitative estimate of drug-likeness (QED) is 0.239. The van der Waals surface area contributed by atoms with Crippen LogP contribution in [-0.4, -0.2) is 4.57 Å². The summed E-state index contributed by atoms with van der Waals surface area (Å²) in [6.07, 6.45) is 6.58. The number of para-hydroxylation sites is 1. The Kier molecular flexibility index (Phi) is 6.26. The second kappa shape index (κ2) is 9.39. The number of fused-ring (bicyclic) bond motifs is 1. The van der Waals surface area contributed by atoms with Crippen molar-refractivity contribution in [3.05, 3.63) is 102 Å². The molecule has 0 amide bonds. The fourth-order valence-corrected chi connectivity index (χ4v) is 5.55. The van der Waals surface area contributed by atoms with E-state index >= 15 is 0 Å². The zero-order valence-corrected chi connectivity index (χ0v) is 22.6. The minimum Gasteiger partial charge on any atom is -0.232 e. The lowest BCUT2D eigenvalue weighted by Gasteiger charge is -2.18. The average Bonchev–Trinajstić information content (AvgIpc) is 3.24. The number of imidazole rings is 1. The molecule has 2 heterocycles. The van der Waals surface area contributed by atoms with Crippen LogP contribution in [-0.2, 0) is 14.1 Å². The van der Waals surface area contributed by atoms with E-state index in [0.29, 0.717) is 11.8 Å². The van der Waals surface area contributed by atoms with E-state index in [1.165, 1.54) is 55.8 Å². The molecule has 3 heteroatoms. The maximum absolute atomic E-state index is 2.42. The number of rotatable bonds is 5. The Morgan fingerprint density at radius 3 is 2.00 bits per heavy atom. The number of pyridine rings is 1. The van der Waals surface area contributed by atoms with E-state index in [1.807, 2.05) is 0 Å². The Morgan fingerprint density at radius 1 is 0.667 bits per heavy atom. The van der Waals surface area contributed by atoms with Gasteiger partial charge in [0.2, 0.25) is 5.69 Å². The summed E-state index contributed by atoms with van der Waals surface area (Å²) in [5, 5.41) is 2.53. The molecule has 0 aliphatic rings. The molecule has 0 saturated heterocycles. The standard InChI is InChI=1S/C33H37N3/c1-22(2)26-14-10-15-27(23(3)4)32(26)36-21-20-35(7)33(36)29-17-11-16-28(24(29)5)31-30-13-9-8-12-25(30)18-19-34(31)6/h8-23H,1-7H3/q+2. The second-order valence-corrected chi connectivity index (χ2v) is 10.5. The predicted molar refractivity (Wildman–Crippen MR) is 149 cm³/mol. The van der Waals surface area contributed by atoms with E-state index < -0.39 is 0 Å². The molecule has 3 nitrogen and oxygen atoms in total. The fraction of sp³-hybridized carbons (Fsp3) is 0.273. The van der Waals surface area contributed by atoms with Gasteiger partial charge >= 0.3 is 0 Å². The van der Waals surface area contributed by atoms with Crippen molar-refractivity contribution in [2.24, 2.45) is 14.1 Å². The summed E-state index contributed by atoms with van der Waals surface area (Å²) in [7, 11) is 4.30. The van der Waals surface area contributed by atoms with Crippen LogP contribution in [0, 0.1) is 6.92 Å². The van der Waals surface area contributed by atoms with E-state index in [9.17, 15) is 0 Å². The Morgan fingerprint density at radius 2 is 1.31 bits per heavy atom. The maximum Gasteiger partial charge on any atom is 0.294 e. The van der Waals surface area contributed by atoms with Gasteiger partial charge in [0.15, 0.2) is 6.20 Å². The minimum atomic E-state index is 0.432. The molecule has 0 saturated carbocycles. The predicted octanol–water partition coefficient (Wildman–Crippen LogP) is 7.17. The van der Waals surface area contributed by atoms with Gasteiger partial charge in [-0.15, -0.1) is 0 Å². The molecule has 0 spiro atoms. The van der Waals surface area contributed by atoms with Gasteiger partial charge in [-0.05, 0) is 47.9 Å². The highest BCUT2D eigenvalue weighted by Gasteiger charge is 2.28. The van der Waals surface area contributed by atoms with Crippen LogP contribution < -0.4 is 9.13 Å². The summed E-state index contributed by atoms with van der Waals surface area (Å²) in [5.74, 6) is 2.06. The summed E-state index contributed by atoms with van der Waals surface area (Å²) < 4.78 is 6.93. The van der Waals surface area contributed by atoms with Crippen molar-refractivity contribution >= 4 is 10.8 Å². The van der Waals surface area contributed by atoms with Crippen molar-refractivity contribution in [1.82, 2.24) is 4.57 Å². The third-order valence-corrected chi connectivity index (χ3v) is 7.46. The number of hydrogen-bond donors (Lipinski definition) is 0. The molecule has 3 aromatic carbocycles. The highest BCUT2D eigenvalue weighted by atomic mass is 15.1. The van der Waals surface area contributed by atoms with Crippen LogP contribution in [0.2, 0.25) is 0 Å². The Labute approximate surface area is 215 Å². The van der Waals surface area contributed by atoms with Crippen molar-refractivity contribution in [1.29, 1.82) is 0 Å². The van der Waals surface area contributed by atoms with Crippen LogP contribution >= 0.6 is 0 Å². The van der Waals surface area contributed by atoms with Crippen molar-refractivity contribution in [3.8, 4) is 28.3 Å². The summed E-state index contributed by atoms with van der Waals surface area (Å²) in [4.78, 5) is 0. The lowest BCUT2D eigenvalue weighted by Crippen LogP contribution is -2.31. The molecule has 0 atom stereocenters. The first kappa shape index (κ1) is 24.0. The Hall–Kier alpha value is -3.72. The van der Waals surface area contributed by atoms with Crippen LogP contribution in [0.1, 0.15) is 56.2 Å². The normalized spacial score (nSPS) is 11.7. The average molecular weight is 476 g/mol. The number of aryl methyl sites for hydroxylation is 2. The molecule has 2 aromatic heterocycles. The summed E-state index contributed by atoms with van der Waals surface area (Å²) in [6, 6.07) is 24.4. The summed E-state index contributed by atoms with van der Waals surface area (Å²) in [5.41, 5.74) is 9.13. The largest absolute Gasteiger partial charge is 0.294 e. The SMILES string of the molecule is Cc1c(-c2c3ccccc3cc[n+]2C)cccc1-c1n(-c2c(C(C)C)cccc2C(C)C)cc[n+]1C. The first-order valence-electron chi connectivity index (χ1n) is 13.0. The van der Waals surface area contributed by atoms with Crippen molar-refractivity contribution in [2.45, 2.75) is 46.5 Å². The summed E-state index contributed by atoms with van der Waals surface area (Å²) >= 11 is 0. The minimum absolute atomic E-state index is 0.432. The first-order chi connectivity index (χ1) is 17.3. The van der Waals surface area contributed by atoms with Gasteiger partial charge in [-0.1, -0.05) is 70.2 Å². The van der Waals surface area contributed by atoms with Gasteiger partial charge in [-0.2, -0.15) is 4.57 Å². The zero-order chi connectivity index (χ0) is 25.6. The van der Waals surface area contributed by atoms with Gasteiger partial charge in [-0.25, -0.2) is 9.13 Å². The molecule has 0 aliphatic heterocycles. The molecule has 0 aliphatic carbocycles. The number of benzene rings is 3. The van der Waals surface area contributed by atoms with E-state index in [0.717, 1.165) is 0 Å². The van der Waals surface area contributed by atoms with Gasteiger partial charge < -0.3 is 0 Å². The third-order valence-electron chi connectivity index (χ3n) is 7.46. The van der Waals surface area contributed by atoms with E-state index in [-0.39, 0.29) is 0 Å². The molecule has 5 rings (SSSR count). The number of hydrogen-bond acceptors (Lipinski definition) is 0. The van der Waals surface area contributed by atoms with Crippen molar-refractivity contribution in [3.63, 3.8) is 0 Å². The molecule has 5 aromatic rings. The summed E-state index contributed by atoms with van der Waals surface area (Å²) in [6.45, 7) is 11.4. The number of aromatic nitrogens is 3. The fourth-order valence-electron chi connectivity index (χ4n) is 5.55. The third kappa shape index (κ3) is 3.93. The van der Waals surface area contributed by atoms with Gasteiger partial charge in [0, 0.05) is 17.2 Å². The number of nitrogens with zero attached hydrogens (tertiary/aromatic N) is 3. The van der Waals surface area contributed by atoms with Crippen LogP contribution in [0.5, 0.6) is 0 Å². The van der Waals surface area contributed by atoms with Gasteiger partial charge in [0.1, 0.15) is 25.1 Å². The van der Waals surface area contributed by atoms with E-state index in [1.54, 1.807) is 0 Å². The van der Waals surface area contributed by atoms with E-state index in [4.69, 9.17) is 0 Å². The van der Waals surface area contributed by atoms with Crippen molar-refractivity contribution in [2.75, 3.05) is 0 Å². The molecule has 0 fully saturated rings. The van der Waals surface area contributed by atoms with Gasteiger partial charge in [0.05, 0.1) is 23.6 Å². The van der Waals surface area contributed by atoms with Crippen LogP contribution in [0.3, 0.4) is 0 Å². The smallest absolute Gasteiger partial charge is 0.232 e. The van der Waals surface area contributed by atoms with Gasteiger partial charge in [-0.3, -0.25) is 0 Å². The van der Waals surface area contributed by atoms with Crippen molar-refractivity contribution < 1.29 is 9.13 Å². The maximum atomic E-state index is 2.42. The Balaban J connectivity index is 1.79. The van der Waals surface area contributed by atoms with Gasteiger partial charge in [0.25, 0.3) is 5.82 Å². The lowest BCUT2D eigenvalue weighted by molar-refractivity contribution is -0.659. The lowest BCUT2D eigenvalue weighted by atomic mass is 9.92. The first-order valence-corrected chi connectivity index (χ1v) is 13.0. The topological polar surface area (TPSA) is 12.7 Å². The molecule has 0 unspecified atom stereocenters. The highest BCUT2D eigenvalue weighted by Crippen LogP contribution is 2.36. The molecule has 0 bridgehead atoms. The molecule has 0 radical (unpaired) electrons.